The Morgan fingerprint density at radius 3 is 1.27 bits per heavy atom. The smallest absolute Gasteiger partial charge is 0.236 e. The van der Waals surface area contributed by atoms with E-state index in [0.29, 0.717) is 11.1 Å². The number of hydrogen-bond donors (Lipinski definition) is 0. The van der Waals surface area contributed by atoms with Gasteiger partial charge in [0.25, 0.3) is 0 Å². The van der Waals surface area contributed by atoms with Gasteiger partial charge in [-0.1, -0.05) is 62.4 Å². The normalized spacial score (nSPS) is 9.73. The number of rotatable bonds is 4. The Morgan fingerprint density at radius 2 is 1.00 bits per heavy atom. The van der Waals surface area contributed by atoms with Crippen molar-refractivity contribution in [3.05, 3.63) is 70.8 Å². The molecule has 0 saturated carbocycles. The molecule has 110 valence electrons. The van der Waals surface area contributed by atoms with E-state index in [2.05, 4.69) is 25.7 Å². The zero-order valence-electron chi connectivity index (χ0n) is 12.8. The van der Waals surface area contributed by atoms with Gasteiger partial charge in [0.1, 0.15) is 0 Å². The number of Topliss-reactive ketones (excluding diaryl/α,β-unsaturated/α-hetero) is 2. The second-order valence-corrected chi connectivity index (χ2v) is 5.01. The van der Waals surface area contributed by atoms with Crippen molar-refractivity contribution in [3.63, 3.8) is 0 Å². The molecule has 0 aliphatic heterocycles. The van der Waals surface area contributed by atoms with Crippen LogP contribution in [0.15, 0.2) is 48.5 Å². The fourth-order valence-corrected chi connectivity index (χ4v) is 2.04. The molecule has 0 aromatic heterocycles. The SMILES string of the molecule is CCc1ccc(C(=O)C#CC(=O)c2ccc(CC)cc2)cc1. The number of aryl methyl sites for hydroxylation is 2. The third-order valence-corrected chi connectivity index (χ3v) is 3.54. The van der Waals surface area contributed by atoms with Crippen molar-refractivity contribution in [3.8, 4) is 11.8 Å². The van der Waals surface area contributed by atoms with Gasteiger partial charge in [-0.2, -0.15) is 0 Å². The minimum Gasteiger partial charge on any atom is -0.279 e. The summed E-state index contributed by atoms with van der Waals surface area (Å²) in [4.78, 5) is 23.9. The molecule has 0 aliphatic carbocycles. The molecular weight excluding hydrogens is 272 g/mol. The summed E-state index contributed by atoms with van der Waals surface area (Å²) in [5, 5.41) is 0. The first-order valence-corrected chi connectivity index (χ1v) is 7.42. The monoisotopic (exact) mass is 290 g/mol. The molecule has 2 heteroatoms. The molecule has 0 aliphatic rings. The van der Waals surface area contributed by atoms with Gasteiger partial charge in [0.2, 0.25) is 11.6 Å². The summed E-state index contributed by atoms with van der Waals surface area (Å²) in [5.74, 6) is 4.19. The van der Waals surface area contributed by atoms with E-state index in [4.69, 9.17) is 0 Å². The Bertz CT molecular complexity index is 663. The van der Waals surface area contributed by atoms with E-state index in [1.54, 1.807) is 24.3 Å². The summed E-state index contributed by atoms with van der Waals surface area (Å²) in [6, 6.07) is 14.6. The summed E-state index contributed by atoms with van der Waals surface area (Å²) < 4.78 is 0. The molecule has 0 saturated heterocycles. The average Bonchev–Trinajstić information content (AvgIpc) is 2.59. The Kier molecular flexibility index (Phi) is 5.27. The van der Waals surface area contributed by atoms with Gasteiger partial charge in [-0.05, 0) is 35.8 Å². The van der Waals surface area contributed by atoms with Crippen molar-refractivity contribution in [1.82, 2.24) is 0 Å². The summed E-state index contributed by atoms with van der Waals surface area (Å²) in [6.45, 7) is 4.11. The van der Waals surface area contributed by atoms with Crippen LogP contribution in [0.3, 0.4) is 0 Å². The number of ketones is 2. The highest BCUT2D eigenvalue weighted by Crippen LogP contribution is 2.07. The van der Waals surface area contributed by atoms with E-state index in [-0.39, 0.29) is 11.6 Å². The maximum Gasteiger partial charge on any atom is 0.236 e. The van der Waals surface area contributed by atoms with Gasteiger partial charge in [-0.3, -0.25) is 9.59 Å². The second kappa shape index (κ2) is 7.38. The lowest BCUT2D eigenvalue weighted by atomic mass is 10.1. The highest BCUT2D eigenvalue weighted by Gasteiger charge is 2.04. The molecule has 2 aromatic carbocycles. The Morgan fingerprint density at radius 1 is 0.682 bits per heavy atom. The number of carbonyl (C=O) groups is 2. The van der Waals surface area contributed by atoms with Gasteiger partial charge < -0.3 is 0 Å². The van der Waals surface area contributed by atoms with Gasteiger partial charge in [0, 0.05) is 11.1 Å². The molecule has 0 spiro atoms. The second-order valence-electron chi connectivity index (χ2n) is 5.01. The Balaban J connectivity index is 2.10. The van der Waals surface area contributed by atoms with Crippen LogP contribution in [0.25, 0.3) is 0 Å². The summed E-state index contributed by atoms with van der Waals surface area (Å²) in [7, 11) is 0. The van der Waals surface area contributed by atoms with E-state index in [1.165, 1.54) is 0 Å². The summed E-state index contributed by atoms with van der Waals surface area (Å²) in [6.07, 6.45) is 1.85. The van der Waals surface area contributed by atoms with Crippen LogP contribution in [0.1, 0.15) is 45.7 Å². The van der Waals surface area contributed by atoms with Crippen molar-refractivity contribution in [2.45, 2.75) is 26.7 Å². The van der Waals surface area contributed by atoms with E-state index in [0.717, 1.165) is 24.0 Å². The van der Waals surface area contributed by atoms with Gasteiger partial charge in [-0.25, -0.2) is 0 Å². The highest BCUT2D eigenvalue weighted by molar-refractivity contribution is 6.16. The zero-order valence-corrected chi connectivity index (χ0v) is 12.8. The van der Waals surface area contributed by atoms with Crippen LogP contribution >= 0.6 is 0 Å². The molecule has 0 heterocycles. The van der Waals surface area contributed by atoms with E-state index in [9.17, 15) is 9.59 Å². The first-order chi connectivity index (χ1) is 10.6. The van der Waals surface area contributed by atoms with Gasteiger partial charge >= 0.3 is 0 Å². The lowest BCUT2D eigenvalue weighted by Gasteiger charge is -1.98. The van der Waals surface area contributed by atoms with Crippen molar-refractivity contribution in [2.24, 2.45) is 0 Å². The Labute approximate surface area is 131 Å². The van der Waals surface area contributed by atoms with E-state index < -0.39 is 0 Å². The van der Waals surface area contributed by atoms with Crippen LogP contribution in [-0.4, -0.2) is 11.6 Å². The molecule has 2 aromatic rings. The maximum absolute atomic E-state index is 12.0. The Hall–Kier alpha value is -2.66. The molecule has 0 bridgehead atoms. The number of benzene rings is 2. The average molecular weight is 290 g/mol. The summed E-state index contributed by atoms with van der Waals surface area (Å²) in [5.41, 5.74) is 3.35. The summed E-state index contributed by atoms with van der Waals surface area (Å²) >= 11 is 0. The zero-order chi connectivity index (χ0) is 15.9. The van der Waals surface area contributed by atoms with E-state index >= 15 is 0 Å². The first kappa shape index (κ1) is 15.7. The van der Waals surface area contributed by atoms with Crippen molar-refractivity contribution < 1.29 is 9.59 Å². The fraction of sp³-hybridized carbons (Fsp3) is 0.200. The van der Waals surface area contributed by atoms with Crippen molar-refractivity contribution in [2.75, 3.05) is 0 Å². The first-order valence-electron chi connectivity index (χ1n) is 7.42. The lowest BCUT2D eigenvalue weighted by Crippen LogP contribution is -1.99. The molecule has 0 fully saturated rings. The maximum atomic E-state index is 12.0. The number of carbonyl (C=O) groups excluding carboxylic acids is 2. The molecule has 22 heavy (non-hydrogen) atoms. The third kappa shape index (κ3) is 3.93. The molecule has 0 atom stereocenters. The molecule has 0 N–H and O–H groups in total. The topological polar surface area (TPSA) is 34.1 Å². The van der Waals surface area contributed by atoms with Crippen LogP contribution in [-0.2, 0) is 12.8 Å². The lowest BCUT2D eigenvalue weighted by molar-refractivity contribution is 0.103. The van der Waals surface area contributed by atoms with Crippen LogP contribution in [0.2, 0.25) is 0 Å². The quantitative estimate of drug-likeness (QED) is 0.486. The van der Waals surface area contributed by atoms with Gasteiger partial charge in [0.15, 0.2) is 0 Å². The van der Waals surface area contributed by atoms with Crippen LogP contribution in [0.5, 0.6) is 0 Å². The van der Waals surface area contributed by atoms with Crippen molar-refractivity contribution in [1.29, 1.82) is 0 Å². The molecular formula is C20H18O2. The number of hydrogen-bond acceptors (Lipinski definition) is 2. The molecule has 0 radical (unpaired) electrons. The predicted molar refractivity (Wildman–Crippen MR) is 88.1 cm³/mol. The van der Waals surface area contributed by atoms with Crippen molar-refractivity contribution >= 4 is 11.6 Å². The van der Waals surface area contributed by atoms with Crippen LogP contribution < -0.4 is 0 Å². The molecule has 0 unspecified atom stereocenters. The van der Waals surface area contributed by atoms with Crippen LogP contribution in [0, 0.1) is 11.8 Å². The van der Waals surface area contributed by atoms with Crippen LogP contribution in [0.4, 0.5) is 0 Å². The van der Waals surface area contributed by atoms with Gasteiger partial charge in [-0.15, -0.1) is 0 Å². The minimum absolute atomic E-state index is 0.332. The van der Waals surface area contributed by atoms with Gasteiger partial charge in [0.05, 0.1) is 0 Å². The largest absolute Gasteiger partial charge is 0.279 e. The molecule has 2 nitrogen and oxygen atoms in total. The van der Waals surface area contributed by atoms with E-state index in [1.807, 2.05) is 24.3 Å². The third-order valence-electron chi connectivity index (χ3n) is 3.54. The predicted octanol–water partition coefficient (Wildman–Crippen LogP) is 3.88. The fourth-order valence-electron chi connectivity index (χ4n) is 2.04. The molecule has 0 amide bonds. The highest BCUT2D eigenvalue weighted by atomic mass is 16.1. The molecule has 2 rings (SSSR count). The minimum atomic E-state index is -0.332. The standard InChI is InChI=1S/C20H18O2/c1-3-15-5-9-17(10-6-15)19(21)13-14-20(22)18-11-7-16(4-2)8-12-18/h5-12H,3-4H2,1-2H3.